The van der Waals surface area contributed by atoms with Gasteiger partial charge in [0.2, 0.25) is 0 Å². The molecule has 3 unspecified atom stereocenters. The van der Waals surface area contributed by atoms with Gasteiger partial charge in [-0.05, 0) is 27.3 Å². The maximum atomic E-state index is 5.77. The van der Waals surface area contributed by atoms with Crippen molar-refractivity contribution in [2.24, 2.45) is 5.92 Å². The van der Waals surface area contributed by atoms with Crippen LogP contribution in [0.25, 0.3) is 0 Å². The second-order valence-corrected chi connectivity index (χ2v) is 4.32. The Hall–Kier alpha value is -0.160. The molecule has 0 bridgehead atoms. The van der Waals surface area contributed by atoms with Crippen molar-refractivity contribution in [1.29, 1.82) is 0 Å². The third kappa shape index (κ3) is 4.78. The first-order chi connectivity index (χ1) is 7.77. The van der Waals surface area contributed by atoms with Crippen molar-refractivity contribution in [3.63, 3.8) is 0 Å². The number of ether oxygens (including phenoxy) is 3. The zero-order chi connectivity index (χ0) is 11.8. The topological polar surface area (TPSA) is 39.7 Å². The summed E-state index contributed by atoms with van der Waals surface area (Å²) in [5.74, 6) is 0.587. The summed E-state index contributed by atoms with van der Waals surface area (Å²) in [6.45, 7) is 7.95. The smallest absolute Gasteiger partial charge is 0.0781 e. The van der Waals surface area contributed by atoms with Gasteiger partial charge in [-0.1, -0.05) is 0 Å². The predicted octanol–water partition coefficient (Wildman–Crippen LogP) is 1.05. The van der Waals surface area contributed by atoms with Gasteiger partial charge in [0.25, 0.3) is 0 Å². The third-order valence-corrected chi connectivity index (χ3v) is 3.02. The van der Waals surface area contributed by atoms with Gasteiger partial charge in [0.1, 0.15) is 0 Å². The number of likely N-dealkylation sites (N-methyl/N-ethyl adjacent to an activating group) is 1. The van der Waals surface area contributed by atoms with Crippen LogP contribution in [-0.4, -0.2) is 52.2 Å². The summed E-state index contributed by atoms with van der Waals surface area (Å²) >= 11 is 0. The van der Waals surface area contributed by atoms with Gasteiger partial charge < -0.3 is 19.5 Å². The molecular weight excluding hydrogens is 206 g/mol. The fourth-order valence-electron chi connectivity index (χ4n) is 1.93. The van der Waals surface area contributed by atoms with E-state index in [1.165, 1.54) is 0 Å². The molecule has 4 heteroatoms. The fraction of sp³-hybridized carbons (Fsp3) is 1.00. The Morgan fingerprint density at radius 2 is 2.25 bits per heavy atom. The van der Waals surface area contributed by atoms with E-state index < -0.39 is 0 Å². The van der Waals surface area contributed by atoms with Crippen LogP contribution in [-0.2, 0) is 14.2 Å². The molecule has 0 aromatic rings. The molecule has 1 heterocycles. The van der Waals surface area contributed by atoms with Crippen LogP contribution in [0.2, 0.25) is 0 Å². The zero-order valence-electron chi connectivity index (χ0n) is 10.7. The van der Waals surface area contributed by atoms with E-state index in [1.807, 2.05) is 20.9 Å². The molecule has 0 aliphatic carbocycles. The van der Waals surface area contributed by atoms with Gasteiger partial charge in [-0.2, -0.15) is 0 Å². The predicted molar refractivity (Wildman–Crippen MR) is 63.7 cm³/mol. The highest BCUT2D eigenvalue weighted by Crippen LogP contribution is 2.17. The molecule has 0 aromatic heterocycles. The van der Waals surface area contributed by atoms with E-state index in [1.54, 1.807) is 0 Å². The monoisotopic (exact) mass is 231 g/mol. The maximum absolute atomic E-state index is 5.77. The first-order valence-electron chi connectivity index (χ1n) is 6.22. The minimum atomic E-state index is 0.165. The van der Waals surface area contributed by atoms with Crippen LogP contribution in [0.5, 0.6) is 0 Å². The van der Waals surface area contributed by atoms with Crippen molar-refractivity contribution in [3.8, 4) is 0 Å². The summed E-state index contributed by atoms with van der Waals surface area (Å²) in [6.07, 6.45) is 1.30. The van der Waals surface area contributed by atoms with Gasteiger partial charge in [0.15, 0.2) is 0 Å². The molecule has 96 valence electrons. The van der Waals surface area contributed by atoms with Crippen molar-refractivity contribution in [3.05, 3.63) is 0 Å². The first-order valence-corrected chi connectivity index (χ1v) is 6.22. The van der Waals surface area contributed by atoms with E-state index in [9.17, 15) is 0 Å². The average molecular weight is 231 g/mol. The highest BCUT2D eigenvalue weighted by Gasteiger charge is 2.25. The molecule has 1 fully saturated rings. The minimum Gasteiger partial charge on any atom is -0.381 e. The summed E-state index contributed by atoms with van der Waals surface area (Å²) in [5, 5.41) is 3.31. The van der Waals surface area contributed by atoms with Gasteiger partial charge in [-0.3, -0.25) is 0 Å². The van der Waals surface area contributed by atoms with E-state index in [0.717, 1.165) is 32.8 Å². The van der Waals surface area contributed by atoms with Crippen LogP contribution in [0, 0.1) is 5.92 Å². The number of hydrogen-bond donors (Lipinski definition) is 1. The zero-order valence-corrected chi connectivity index (χ0v) is 10.7. The van der Waals surface area contributed by atoms with E-state index in [-0.39, 0.29) is 6.10 Å². The SMILES string of the molecule is CCOCC(C)OCC(NC)C1CCOC1. The molecule has 0 radical (unpaired) electrons. The largest absolute Gasteiger partial charge is 0.381 e. The van der Waals surface area contributed by atoms with Gasteiger partial charge >= 0.3 is 0 Å². The summed E-state index contributed by atoms with van der Waals surface area (Å²) in [5.41, 5.74) is 0. The lowest BCUT2D eigenvalue weighted by molar-refractivity contribution is -0.0168. The standard InChI is InChI=1S/C12H25NO3/c1-4-14-7-10(2)16-9-12(13-3)11-5-6-15-8-11/h10-13H,4-9H2,1-3H3. The summed E-state index contributed by atoms with van der Waals surface area (Å²) < 4.78 is 16.5. The van der Waals surface area contributed by atoms with Gasteiger partial charge in [0.05, 0.1) is 25.9 Å². The highest BCUT2D eigenvalue weighted by molar-refractivity contribution is 4.78. The molecule has 1 aliphatic heterocycles. The molecule has 16 heavy (non-hydrogen) atoms. The Morgan fingerprint density at radius 1 is 1.44 bits per heavy atom. The second kappa shape index (κ2) is 8.01. The fourth-order valence-corrected chi connectivity index (χ4v) is 1.93. The minimum absolute atomic E-state index is 0.165. The van der Waals surface area contributed by atoms with Crippen LogP contribution in [0.3, 0.4) is 0 Å². The van der Waals surface area contributed by atoms with E-state index >= 15 is 0 Å². The normalized spacial score (nSPS) is 24.6. The van der Waals surface area contributed by atoms with Crippen molar-refractivity contribution >= 4 is 0 Å². The van der Waals surface area contributed by atoms with Crippen molar-refractivity contribution in [2.75, 3.05) is 40.1 Å². The van der Waals surface area contributed by atoms with Crippen molar-refractivity contribution < 1.29 is 14.2 Å². The van der Waals surface area contributed by atoms with Crippen LogP contribution in [0.4, 0.5) is 0 Å². The molecule has 3 atom stereocenters. The van der Waals surface area contributed by atoms with Gasteiger partial charge in [-0.15, -0.1) is 0 Å². The molecule has 0 saturated carbocycles. The Bertz CT molecular complexity index is 172. The summed E-state index contributed by atoms with van der Waals surface area (Å²) in [7, 11) is 1.99. The molecule has 1 N–H and O–H groups in total. The van der Waals surface area contributed by atoms with E-state index in [2.05, 4.69) is 5.32 Å². The summed E-state index contributed by atoms with van der Waals surface area (Å²) in [6, 6.07) is 0.395. The van der Waals surface area contributed by atoms with Crippen molar-refractivity contribution in [1.82, 2.24) is 5.32 Å². The molecule has 0 aromatic carbocycles. The maximum Gasteiger partial charge on any atom is 0.0781 e. The quantitative estimate of drug-likeness (QED) is 0.678. The molecule has 4 nitrogen and oxygen atoms in total. The third-order valence-electron chi connectivity index (χ3n) is 3.02. The van der Waals surface area contributed by atoms with Crippen molar-refractivity contribution in [2.45, 2.75) is 32.4 Å². The average Bonchev–Trinajstić information content (AvgIpc) is 2.81. The number of rotatable bonds is 8. The lowest BCUT2D eigenvalue weighted by Gasteiger charge is -2.23. The van der Waals surface area contributed by atoms with Crippen LogP contribution >= 0.6 is 0 Å². The lowest BCUT2D eigenvalue weighted by Crippen LogP contribution is -2.39. The van der Waals surface area contributed by atoms with Gasteiger partial charge in [-0.25, -0.2) is 0 Å². The van der Waals surface area contributed by atoms with Gasteiger partial charge in [0, 0.05) is 25.2 Å². The molecule has 1 aliphatic rings. The Morgan fingerprint density at radius 3 is 2.81 bits per heavy atom. The number of hydrogen-bond acceptors (Lipinski definition) is 4. The molecule has 0 amide bonds. The van der Waals surface area contributed by atoms with E-state index in [0.29, 0.717) is 18.6 Å². The molecular formula is C12H25NO3. The Balaban J connectivity index is 2.17. The molecule has 1 saturated heterocycles. The second-order valence-electron chi connectivity index (χ2n) is 4.32. The van der Waals surface area contributed by atoms with Crippen LogP contribution in [0.15, 0.2) is 0 Å². The highest BCUT2D eigenvalue weighted by atomic mass is 16.5. The van der Waals surface area contributed by atoms with E-state index in [4.69, 9.17) is 14.2 Å². The summed E-state index contributed by atoms with van der Waals surface area (Å²) in [4.78, 5) is 0. The Labute approximate surface area is 98.6 Å². The molecule has 0 spiro atoms. The first kappa shape index (κ1) is 13.9. The Kier molecular flexibility index (Phi) is 6.96. The number of nitrogens with one attached hydrogen (secondary N) is 1. The lowest BCUT2D eigenvalue weighted by atomic mass is 10.00. The van der Waals surface area contributed by atoms with Crippen LogP contribution < -0.4 is 5.32 Å². The van der Waals surface area contributed by atoms with Crippen LogP contribution in [0.1, 0.15) is 20.3 Å². The molecule has 1 rings (SSSR count).